The van der Waals surface area contributed by atoms with Crippen LogP contribution in [0.25, 0.3) is 0 Å². The number of methoxy groups -OCH3 is 1. The van der Waals surface area contributed by atoms with Gasteiger partial charge in [0.2, 0.25) is 5.91 Å². The molecule has 0 unspecified atom stereocenters. The lowest BCUT2D eigenvalue weighted by molar-refractivity contribution is -0.113. The zero-order valence-corrected chi connectivity index (χ0v) is 19.3. The van der Waals surface area contributed by atoms with Crippen LogP contribution in [0.1, 0.15) is 28.7 Å². The van der Waals surface area contributed by atoms with Crippen molar-refractivity contribution in [2.45, 2.75) is 36.2 Å². The van der Waals surface area contributed by atoms with Crippen molar-refractivity contribution in [1.29, 1.82) is 0 Å². The first-order valence-electron chi connectivity index (χ1n) is 9.73. The average molecular weight is 457 g/mol. The molecule has 0 atom stereocenters. The third-order valence-corrected chi connectivity index (χ3v) is 6.41. The molecule has 0 spiro atoms. The standard InChI is InChI=1S/C22H24N4O3S2/c1-4-26-19(13-30-16-11-9-15(2)10-12-16)24-25-22(26)31-14-20(27)23-18-8-6-5-7-17(18)21(28)29-3/h5-12H,4,13-14H2,1-3H3,(H,23,27). The molecule has 31 heavy (non-hydrogen) atoms. The van der Waals surface area contributed by atoms with Gasteiger partial charge in [0, 0.05) is 11.4 Å². The highest BCUT2D eigenvalue weighted by atomic mass is 32.2. The van der Waals surface area contributed by atoms with Gasteiger partial charge in [-0.25, -0.2) is 4.79 Å². The number of hydrogen-bond donors (Lipinski definition) is 1. The molecule has 162 valence electrons. The van der Waals surface area contributed by atoms with Gasteiger partial charge in [-0.3, -0.25) is 4.79 Å². The number of esters is 1. The maximum atomic E-state index is 12.4. The van der Waals surface area contributed by atoms with Crippen molar-refractivity contribution in [1.82, 2.24) is 14.8 Å². The number of thioether (sulfide) groups is 2. The molecule has 0 saturated carbocycles. The summed E-state index contributed by atoms with van der Waals surface area (Å²) in [4.78, 5) is 25.5. The van der Waals surface area contributed by atoms with E-state index in [0.29, 0.717) is 28.7 Å². The second-order valence-corrected chi connectivity index (χ2v) is 8.61. The molecule has 0 saturated heterocycles. The molecule has 1 aromatic heterocycles. The number of aromatic nitrogens is 3. The predicted octanol–water partition coefficient (Wildman–Crippen LogP) is 4.42. The molecule has 0 bridgehead atoms. The normalized spacial score (nSPS) is 10.7. The van der Waals surface area contributed by atoms with Gasteiger partial charge in [-0.2, -0.15) is 0 Å². The minimum atomic E-state index is -0.495. The molecular weight excluding hydrogens is 432 g/mol. The number of hydrogen-bond acceptors (Lipinski definition) is 7. The van der Waals surface area contributed by atoms with Crippen LogP contribution in [0.3, 0.4) is 0 Å². The zero-order chi connectivity index (χ0) is 22.2. The van der Waals surface area contributed by atoms with Gasteiger partial charge in [0.1, 0.15) is 5.82 Å². The Balaban J connectivity index is 1.60. The van der Waals surface area contributed by atoms with E-state index in [1.807, 2.05) is 11.5 Å². The van der Waals surface area contributed by atoms with Crippen LogP contribution in [0.2, 0.25) is 0 Å². The maximum absolute atomic E-state index is 12.4. The molecule has 0 aliphatic carbocycles. The fraction of sp³-hybridized carbons (Fsp3) is 0.273. The van der Waals surface area contributed by atoms with Gasteiger partial charge in [0.15, 0.2) is 5.16 Å². The zero-order valence-electron chi connectivity index (χ0n) is 17.6. The van der Waals surface area contributed by atoms with E-state index in [1.54, 1.807) is 36.0 Å². The topological polar surface area (TPSA) is 86.1 Å². The van der Waals surface area contributed by atoms with Crippen LogP contribution in [0.5, 0.6) is 0 Å². The monoisotopic (exact) mass is 456 g/mol. The molecule has 9 heteroatoms. The number of amides is 1. The van der Waals surface area contributed by atoms with Crippen molar-refractivity contribution in [3.8, 4) is 0 Å². The van der Waals surface area contributed by atoms with Crippen molar-refractivity contribution in [2.24, 2.45) is 0 Å². The third-order valence-electron chi connectivity index (χ3n) is 4.44. The molecular formula is C22H24N4O3S2. The van der Waals surface area contributed by atoms with E-state index in [4.69, 9.17) is 4.74 Å². The number of carbonyl (C=O) groups excluding carboxylic acids is 2. The highest BCUT2D eigenvalue weighted by Gasteiger charge is 2.16. The minimum Gasteiger partial charge on any atom is -0.465 e. The quantitative estimate of drug-likeness (QED) is 0.377. The molecule has 1 heterocycles. The maximum Gasteiger partial charge on any atom is 0.339 e. The summed E-state index contributed by atoms with van der Waals surface area (Å²) < 4.78 is 6.78. The lowest BCUT2D eigenvalue weighted by Gasteiger charge is -2.10. The third kappa shape index (κ3) is 6.11. The number of para-hydroxylation sites is 1. The summed E-state index contributed by atoms with van der Waals surface area (Å²) in [5.74, 6) is 0.988. The Hall–Kier alpha value is -2.78. The van der Waals surface area contributed by atoms with Crippen molar-refractivity contribution < 1.29 is 14.3 Å². The molecule has 3 aromatic rings. The van der Waals surface area contributed by atoms with E-state index < -0.39 is 5.97 Å². The number of aryl methyl sites for hydroxylation is 1. The van der Waals surface area contributed by atoms with E-state index in [0.717, 1.165) is 5.82 Å². The van der Waals surface area contributed by atoms with E-state index in [9.17, 15) is 9.59 Å². The molecule has 0 fully saturated rings. The summed E-state index contributed by atoms with van der Waals surface area (Å²) in [6.45, 7) is 4.81. The Morgan fingerprint density at radius 3 is 2.52 bits per heavy atom. The molecule has 0 aliphatic rings. The van der Waals surface area contributed by atoms with Crippen molar-refractivity contribution in [3.05, 3.63) is 65.5 Å². The van der Waals surface area contributed by atoms with Crippen molar-refractivity contribution >= 4 is 41.1 Å². The summed E-state index contributed by atoms with van der Waals surface area (Å²) in [5.41, 5.74) is 1.97. The molecule has 3 rings (SSSR count). The van der Waals surface area contributed by atoms with Crippen molar-refractivity contribution in [3.63, 3.8) is 0 Å². The fourth-order valence-corrected chi connectivity index (χ4v) is 4.49. The van der Waals surface area contributed by atoms with Gasteiger partial charge in [0.25, 0.3) is 0 Å². The number of benzene rings is 2. The number of anilines is 1. The van der Waals surface area contributed by atoms with Crippen LogP contribution in [0.4, 0.5) is 5.69 Å². The largest absolute Gasteiger partial charge is 0.465 e. The average Bonchev–Trinajstić information content (AvgIpc) is 3.19. The molecule has 0 aliphatic heterocycles. The lowest BCUT2D eigenvalue weighted by Crippen LogP contribution is -2.17. The number of rotatable bonds is 9. The van der Waals surface area contributed by atoms with Gasteiger partial charge < -0.3 is 14.6 Å². The predicted molar refractivity (Wildman–Crippen MR) is 124 cm³/mol. The lowest BCUT2D eigenvalue weighted by atomic mass is 10.2. The van der Waals surface area contributed by atoms with Crippen LogP contribution in [0, 0.1) is 6.92 Å². The summed E-state index contributed by atoms with van der Waals surface area (Å²) >= 11 is 3.02. The summed E-state index contributed by atoms with van der Waals surface area (Å²) in [6, 6.07) is 15.1. The van der Waals surface area contributed by atoms with Crippen LogP contribution in [-0.2, 0) is 21.8 Å². The Kier molecular flexibility index (Phi) is 8.13. The van der Waals surface area contributed by atoms with E-state index in [2.05, 4.69) is 46.7 Å². The SMILES string of the molecule is CCn1c(CSc2ccc(C)cc2)nnc1SCC(=O)Nc1ccccc1C(=O)OC. The first kappa shape index (κ1) is 22.9. The minimum absolute atomic E-state index is 0.152. The van der Waals surface area contributed by atoms with Crippen LogP contribution in [-0.4, -0.2) is 39.5 Å². The number of nitrogens with zero attached hydrogens (tertiary/aromatic N) is 3. The van der Waals surface area contributed by atoms with Gasteiger partial charge in [-0.05, 0) is 38.1 Å². The summed E-state index contributed by atoms with van der Waals surface area (Å²) in [5, 5.41) is 12.0. The first-order valence-corrected chi connectivity index (χ1v) is 11.7. The molecule has 0 radical (unpaired) electrons. The van der Waals surface area contributed by atoms with E-state index >= 15 is 0 Å². The molecule has 1 amide bonds. The Bertz CT molecular complexity index is 1050. The fourth-order valence-electron chi connectivity index (χ4n) is 2.83. The highest BCUT2D eigenvalue weighted by Crippen LogP contribution is 2.25. The van der Waals surface area contributed by atoms with Gasteiger partial charge in [0.05, 0.1) is 29.9 Å². The van der Waals surface area contributed by atoms with Gasteiger partial charge in [-0.15, -0.1) is 22.0 Å². The van der Waals surface area contributed by atoms with Gasteiger partial charge in [-0.1, -0.05) is 41.6 Å². The first-order chi connectivity index (χ1) is 15.0. The Labute approximate surface area is 190 Å². The van der Waals surface area contributed by atoms with E-state index in [-0.39, 0.29) is 11.7 Å². The van der Waals surface area contributed by atoms with Crippen molar-refractivity contribution in [2.75, 3.05) is 18.2 Å². The Morgan fingerprint density at radius 1 is 1.06 bits per heavy atom. The summed E-state index contributed by atoms with van der Waals surface area (Å²) in [6.07, 6.45) is 0. The summed E-state index contributed by atoms with van der Waals surface area (Å²) in [7, 11) is 1.31. The second kappa shape index (κ2) is 11.0. The number of carbonyl (C=O) groups is 2. The van der Waals surface area contributed by atoms with Crippen LogP contribution >= 0.6 is 23.5 Å². The second-order valence-electron chi connectivity index (χ2n) is 6.62. The molecule has 1 N–H and O–H groups in total. The van der Waals surface area contributed by atoms with Gasteiger partial charge >= 0.3 is 5.97 Å². The number of nitrogens with one attached hydrogen (secondary N) is 1. The number of ether oxygens (including phenoxy) is 1. The Morgan fingerprint density at radius 2 is 1.81 bits per heavy atom. The smallest absolute Gasteiger partial charge is 0.339 e. The highest BCUT2D eigenvalue weighted by molar-refractivity contribution is 7.99. The van der Waals surface area contributed by atoms with Crippen LogP contribution < -0.4 is 5.32 Å². The van der Waals surface area contributed by atoms with Crippen LogP contribution in [0.15, 0.2) is 58.6 Å². The van der Waals surface area contributed by atoms with E-state index in [1.165, 1.54) is 29.3 Å². The molecule has 7 nitrogen and oxygen atoms in total. The molecule has 2 aromatic carbocycles.